The van der Waals surface area contributed by atoms with Gasteiger partial charge in [-0.05, 0) is 48.5 Å². The number of rotatable bonds is 9. The first kappa shape index (κ1) is 23.0. The Morgan fingerprint density at radius 2 is 1.45 bits per heavy atom. The zero-order valence-electron chi connectivity index (χ0n) is 15.5. The summed E-state index contributed by atoms with van der Waals surface area (Å²) in [5.74, 6) is -0.539. The summed E-state index contributed by atoms with van der Waals surface area (Å²) < 4.78 is 70.1. The summed E-state index contributed by atoms with van der Waals surface area (Å²) in [5, 5.41) is 0. The molecule has 11 heteroatoms. The van der Waals surface area contributed by atoms with Gasteiger partial charge in [0.15, 0.2) is 5.78 Å². The van der Waals surface area contributed by atoms with Crippen LogP contribution in [0.3, 0.4) is 0 Å². The van der Waals surface area contributed by atoms with Gasteiger partial charge in [-0.25, -0.2) is 12.7 Å². The number of hydrogen-bond acceptors (Lipinski definition) is 6. The van der Waals surface area contributed by atoms with E-state index in [-0.39, 0.29) is 11.5 Å². The van der Waals surface area contributed by atoms with Crippen molar-refractivity contribution in [2.75, 3.05) is 25.6 Å². The van der Waals surface area contributed by atoms with Gasteiger partial charge in [-0.3, -0.25) is 4.79 Å². The second-order valence-corrected chi connectivity index (χ2v) is 9.19. The predicted molar refractivity (Wildman–Crippen MR) is 103 cm³/mol. The van der Waals surface area contributed by atoms with Crippen LogP contribution in [0.1, 0.15) is 0 Å². The largest absolute Gasteiger partial charge is 0.573 e. The molecule has 0 aromatic heterocycles. The van der Waals surface area contributed by atoms with Gasteiger partial charge in [-0.2, -0.15) is 0 Å². The molecule has 0 aliphatic heterocycles. The number of carbonyl (C=O) groups is 1. The number of nitrogens with zero attached hydrogens (tertiary/aromatic N) is 1. The molecule has 0 radical (unpaired) electrons. The molecule has 0 saturated heterocycles. The molecule has 0 unspecified atom stereocenters. The average Bonchev–Trinajstić information content (AvgIpc) is 2.61. The third-order valence-electron chi connectivity index (χ3n) is 3.42. The number of Topliss-reactive ketones (excluding diaryl/α,β-unsaturated/α-hetero) is 1. The third kappa shape index (κ3) is 7.95. The molecule has 2 rings (SSSR count). The highest BCUT2D eigenvalue weighted by atomic mass is 32.2. The SMILES string of the molecule is CN(C)S(=O)(=O)CC(=O)CSc1ccc(Oc2ccc(OC(F)(F)F)cc2)cc1. The molecule has 0 fully saturated rings. The van der Waals surface area contributed by atoms with Crippen molar-refractivity contribution in [2.45, 2.75) is 11.3 Å². The second-order valence-electron chi connectivity index (χ2n) is 5.96. The molecular weight excluding hydrogens is 431 g/mol. The minimum Gasteiger partial charge on any atom is -0.457 e. The van der Waals surface area contributed by atoms with Crippen LogP contribution in [0.5, 0.6) is 17.2 Å². The number of ketones is 1. The first-order chi connectivity index (χ1) is 13.4. The quantitative estimate of drug-likeness (QED) is 0.540. The molecule has 29 heavy (non-hydrogen) atoms. The van der Waals surface area contributed by atoms with E-state index < -0.39 is 27.9 Å². The Bertz CT molecular complexity index is 927. The lowest BCUT2D eigenvalue weighted by molar-refractivity contribution is -0.274. The van der Waals surface area contributed by atoms with Crippen LogP contribution < -0.4 is 9.47 Å². The van der Waals surface area contributed by atoms with Crippen LogP contribution in [-0.4, -0.2) is 50.5 Å². The third-order valence-corrected chi connectivity index (χ3v) is 6.29. The Morgan fingerprint density at radius 3 is 1.93 bits per heavy atom. The molecular formula is C18H18F3NO5S2. The van der Waals surface area contributed by atoms with E-state index in [1.54, 1.807) is 24.3 Å². The summed E-state index contributed by atoms with van der Waals surface area (Å²) in [7, 11) is -0.844. The van der Waals surface area contributed by atoms with Crippen molar-refractivity contribution in [2.24, 2.45) is 0 Å². The summed E-state index contributed by atoms with van der Waals surface area (Å²) in [6, 6.07) is 11.6. The van der Waals surface area contributed by atoms with E-state index in [0.717, 1.165) is 21.3 Å². The Hall–Kier alpha value is -2.24. The van der Waals surface area contributed by atoms with Gasteiger partial charge in [-0.1, -0.05) is 0 Å². The predicted octanol–water partition coefficient (Wildman–Crippen LogP) is 3.93. The minimum atomic E-state index is -4.76. The van der Waals surface area contributed by atoms with E-state index >= 15 is 0 Å². The van der Waals surface area contributed by atoms with E-state index in [1.165, 1.54) is 38.0 Å². The summed E-state index contributed by atoms with van der Waals surface area (Å²) in [6.45, 7) is 0. The smallest absolute Gasteiger partial charge is 0.457 e. The van der Waals surface area contributed by atoms with Crippen LogP contribution in [0.15, 0.2) is 53.4 Å². The molecule has 0 aliphatic rings. The Morgan fingerprint density at radius 1 is 0.966 bits per heavy atom. The monoisotopic (exact) mass is 449 g/mol. The van der Waals surface area contributed by atoms with Crippen LogP contribution in [0.2, 0.25) is 0 Å². The first-order valence-corrected chi connectivity index (χ1v) is 10.7. The van der Waals surface area contributed by atoms with E-state index in [2.05, 4.69) is 4.74 Å². The number of sulfonamides is 1. The fraction of sp³-hybridized carbons (Fsp3) is 0.278. The van der Waals surface area contributed by atoms with E-state index in [4.69, 9.17) is 4.74 Å². The summed E-state index contributed by atoms with van der Waals surface area (Å²) in [4.78, 5) is 12.6. The van der Waals surface area contributed by atoms with Crippen LogP contribution in [-0.2, 0) is 14.8 Å². The Labute approximate surface area is 170 Å². The van der Waals surface area contributed by atoms with Crippen molar-refractivity contribution in [3.63, 3.8) is 0 Å². The molecule has 0 bridgehead atoms. The van der Waals surface area contributed by atoms with Gasteiger partial charge < -0.3 is 9.47 Å². The number of hydrogen-bond donors (Lipinski definition) is 0. The zero-order chi connectivity index (χ0) is 21.7. The highest BCUT2D eigenvalue weighted by Gasteiger charge is 2.31. The molecule has 0 amide bonds. The summed E-state index contributed by atoms with van der Waals surface area (Å²) >= 11 is 1.19. The van der Waals surface area contributed by atoms with Gasteiger partial charge >= 0.3 is 6.36 Å². The molecule has 0 spiro atoms. The number of benzene rings is 2. The second kappa shape index (κ2) is 9.51. The van der Waals surface area contributed by atoms with Crippen molar-refractivity contribution in [1.82, 2.24) is 4.31 Å². The van der Waals surface area contributed by atoms with Crippen molar-refractivity contribution < 1.29 is 35.9 Å². The van der Waals surface area contributed by atoms with Crippen LogP contribution in [0.4, 0.5) is 13.2 Å². The molecule has 0 aliphatic carbocycles. The van der Waals surface area contributed by atoms with Crippen LogP contribution >= 0.6 is 11.8 Å². The fourth-order valence-electron chi connectivity index (χ4n) is 1.99. The lowest BCUT2D eigenvalue weighted by atomic mass is 10.3. The maximum atomic E-state index is 12.1. The normalized spacial score (nSPS) is 12.1. The summed E-state index contributed by atoms with van der Waals surface area (Å²) in [6.07, 6.45) is -4.76. The van der Waals surface area contributed by atoms with Crippen molar-refractivity contribution >= 4 is 27.6 Å². The molecule has 2 aromatic carbocycles. The lowest BCUT2D eigenvalue weighted by Gasteiger charge is -2.11. The fourth-order valence-corrected chi connectivity index (χ4v) is 3.64. The number of thioether (sulfide) groups is 1. The number of ether oxygens (including phenoxy) is 2. The van der Waals surface area contributed by atoms with Crippen molar-refractivity contribution in [3.05, 3.63) is 48.5 Å². The van der Waals surface area contributed by atoms with Crippen LogP contribution in [0, 0.1) is 0 Å². The highest BCUT2D eigenvalue weighted by Crippen LogP contribution is 2.28. The van der Waals surface area contributed by atoms with Gasteiger partial charge in [0, 0.05) is 19.0 Å². The molecule has 158 valence electrons. The molecule has 2 aromatic rings. The van der Waals surface area contributed by atoms with Gasteiger partial charge in [-0.15, -0.1) is 24.9 Å². The summed E-state index contributed by atoms with van der Waals surface area (Å²) in [5.41, 5.74) is 0. The maximum Gasteiger partial charge on any atom is 0.573 e. The molecule has 0 heterocycles. The minimum absolute atomic E-state index is 0.00788. The van der Waals surface area contributed by atoms with Gasteiger partial charge in [0.1, 0.15) is 23.0 Å². The topological polar surface area (TPSA) is 72.9 Å². The average molecular weight is 449 g/mol. The Balaban J connectivity index is 1.88. The van der Waals surface area contributed by atoms with E-state index in [0.29, 0.717) is 11.5 Å². The van der Waals surface area contributed by atoms with Gasteiger partial charge in [0.25, 0.3) is 0 Å². The lowest BCUT2D eigenvalue weighted by Crippen LogP contribution is -2.29. The van der Waals surface area contributed by atoms with Crippen LogP contribution in [0.25, 0.3) is 0 Å². The maximum absolute atomic E-state index is 12.1. The first-order valence-electron chi connectivity index (χ1n) is 8.13. The standard InChI is InChI=1S/C18H18F3NO5S2/c1-22(2)29(24,25)12-13(23)11-28-17-9-7-15(8-10-17)26-14-3-5-16(6-4-14)27-18(19,20)21/h3-10H,11-12H2,1-2H3. The molecule has 0 saturated carbocycles. The highest BCUT2D eigenvalue weighted by molar-refractivity contribution is 8.00. The number of halogens is 3. The van der Waals surface area contributed by atoms with Crippen molar-refractivity contribution in [1.29, 1.82) is 0 Å². The molecule has 6 nitrogen and oxygen atoms in total. The number of alkyl halides is 3. The zero-order valence-corrected chi connectivity index (χ0v) is 17.1. The van der Waals surface area contributed by atoms with E-state index in [9.17, 15) is 26.4 Å². The Kier molecular flexibility index (Phi) is 7.55. The number of carbonyl (C=O) groups excluding carboxylic acids is 1. The van der Waals surface area contributed by atoms with Gasteiger partial charge in [0.2, 0.25) is 10.0 Å². The van der Waals surface area contributed by atoms with E-state index in [1.807, 2.05) is 0 Å². The van der Waals surface area contributed by atoms with Crippen molar-refractivity contribution in [3.8, 4) is 17.2 Å². The van der Waals surface area contributed by atoms with Gasteiger partial charge in [0.05, 0.1) is 5.75 Å². The molecule has 0 atom stereocenters. The molecule has 0 N–H and O–H groups in total.